The van der Waals surface area contributed by atoms with Gasteiger partial charge in [-0.05, 0) is 116 Å². The minimum atomic E-state index is 1.03. The van der Waals surface area contributed by atoms with Gasteiger partial charge >= 0.3 is 0 Å². The molecule has 0 bridgehead atoms. The Hall–Kier alpha value is -2.90. The van der Waals surface area contributed by atoms with Gasteiger partial charge in [-0.15, -0.1) is 6.58 Å². The quantitative estimate of drug-likeness (QED) is 0.230. The van der Waals surface area contributed by atoms with Gasteiger partial charge in [0, 0.05) is 0 Å². The molecule has 0 aliphatic carbocycles. The van der Waals surface area contributed by atoms with Crippen molar-refractivity contribution in [3.05, 3.63) is 126 Å². The van der Waals surface area contributed by atoms with Gasteiger partial charge in [0.2, 0.25) is 0 Å². The van der Waals surface area contributed by atoms with E-state index in [2.05, 4.69) is 129 Å². The zero-order valence-electron chi connectivity index (χ0n) is 30.5. The fourth-order valence-electron chi connectivity index (χ4n) is 3.95. The monoisotopic (exact) mass is 588 g/mol. The summed E-state index contributed by atoms with van der Waals surface area (Å²) in [5, 5.41) is 0. The first-order chi connectivity index (χ1) is 20.5. The highest BCUT2D eigenvalue weighted by molar-refractivity contribution is 5.74. The molecule has 242 valence electrons. The lowest BCUT2D eigenvalue weighted by Crippen LogP contribution is -2.29. The Morgan fingerprint density at radius 3 is 1.74 bits per heavy atom. The molecule has 1 aliphatic rings. The molecule has 0 aromatic heterocycles. The molecule has 1 heterocycles. The van der Waals surface area contributed by atoms with Crippen LogP contribution in [0.15, 0.2) is 109 Å². The number of piperidine rings is 1. The smallest absolute Gasteiger partial charge is 0.00191 e. The van der Waals surface area contributed by atoms with Gasteiger partial charge in [-0.1, -0.05) is 144 Å². The van der Waals surface area contributed by atoms with E-state index in [0.717, 1.165) is 24.3 Å². The highest BCUT2D eigenvalue weighted by Crippen LogP contribution is 2.19. The lowest BCUT2D eigenvalue weighted by molar-refractivity contribution is 0.216. The molecule has 1 nitrogen and oxygen atoms in total. The zero-order chi connectivity index (χ0) is 33.6. The third-order valence-electron chi connectivity index (χ3n) is 6.94. The van der Waals surface area contributed by atoms with E-state index in [9.17, 15) is 0 Å². The van der Waals surface area contributed by atoms with Gasteiger partial charge in [0.15, 0.2) is 0 Å². The average molecular weight is 588 g/mol. The van der Waals surface area contributed by atoms with Crippen LogP contribution in [0.1, 0.15) is 112 Å². The standard InChI is InChI=1S/C13H16.C10H12.C8H17N.C7H12.2C2H6/c1-10(2)9-12(4)13-8-6-5-7-11(13)3;1-2-3-7-10-8-5-4-6-9-10;1-3-8-4-6-9(2)7-5-8;1-5-7(4)6(2)3;2*1-2/h5-9H,4H2,1-3H3;2,4-6,8-9H,1,3,7H2;8H,3-7H2,1-2H3;5H,1H2,2-4H3;2*1-2H3. The lowest BCUT2D eigenvalue weighted by atomic mass is 9.95. The summed E-state index contributed by atoms with van der Waals surface area (Å²) in [6.07, 6.45) is 12.4. The molecule has 1 heteroatoms. The van der Waals surface area contributed by atoms with Crippen LogP contribution in [0.2, 0.25) is 0 Å². The van der Waals surface area contributed by atoms with Crippen molar-refractivity contribution in [1.82, 2.24) is 4.90 Å². The number of likely N-dealkylation sites (tertiary alicyclic amines) is 1. The molecule has 0 amide bonds. The first-order valence-electron chi connectivity index (χ1n) is 16.5. The van der Waals surface area contributed by atoms with E-state index in [-0.39, 0.29) is 0 Å². The van der Waals surface area contributed by atoms with E-state index >= 15 is 0 Å². The minimum Gasteiger partial charge on any atom is -0.306 e. The van der Waals surface area contributed by atoms with Gasteiger partial charge in [0.25, 0.3) is 0 Å². The summed E-state index contributed by atoms with van der Waals surface area (Å²) in [6, 6.07) is 18.8. The predicted molar refractivity (Wildman–Crippen MR) is 202 cm³/mol. The molecular formula is C42H69N. The summed E-state index contributed by atoms with van der Waals surface area (Å²) in [5.41, 5.74) is 8.91. The summed E-state index contributed by atoms with van der Waals surface area (Å²) in [6.45, 7) is 36.8. The molecule has 0 unspecified atom stereocenters. The van der Waals surface area contributed by atoms with Crippen molar-refractivity contribution in [3.63, 3.8) is 0 Å². The van der Waals surface area contributed by atoms with Crippen molar-refractivity contribution in [2.45, 2.75) is 108 Å². The van der Waals surface area contributed by atoms with Crippen LogP contribution >= 0.6 is 0 Å². The van der Waals surface area contributed by atoms with Crippen molar-refractivity contribution in [2.75, 3.05) is 20.1 Å². The summed E-state index contributed by atoms with van der Waals surface area (Å²) < 4.78 is 0. The predicted octanol–water partition coefficient (Wildman–Crippen LogP) is 13.1. The van der Waals surface area contributed by atoms with Crippen LogP contribution in [-0.4, -0.2) is 25.0 Å². The van der Waals surface area contributed by atoms with Gasteiger partial charge < -0.3 is 4.90 Å². The number of nitrogens with zero attached hydrogens (tertiary/aromatic N) is 1. The second kappa shape index (κ2) is 30.6. The molecule has 3 rings (SSSR count). The summed E-state index contributed by atoms with van der Waals surface area (Å²) in [4.78, 5) is 2.42. The average Bonchev–Trinajstić information content (AvgIpc) is 3.03. The Balaban J connectivity index is -0.000000487. The molecule has 0 radical (unpaired) electrons. The van der Waals surface area contributed by atoms with E-state index in [1.807, 2.05) is 52.0 Å². The van der Waals surface area contributed by atoms with E-state index in [1.165, 1.54) is 65.8 Å². The van der Waals surface area contributed by atoms with Crippen molar-refractivity contribution in [2.24, 2.45) is 5.92 Å². The van der Waals surface area contributed by atoms with Gasteiger partial charge in [-0.25, -0.2) is 0 Å². The molecule has 1 aliphatic heterocycles. The zero-order valence-corrected chi connectivity index (χ0v) is 30.5. The molecule has 1 saturated heterocycles. The summed E-state index contributed by atoms with van der Waals surface area (Å²) in [7, 11) is 2.21. The highest BCUT2D eigenvalue weighted by Gasteiger charge is 2.13. The highest BCUT2D eigenvalue weighted by atomic mass is 15.1. The number of allylic oxidation sites excluding steroid dienone is 7. The Labute approximate surface area is 270 Å². The van der Waals surface area contributed by atoms with Crippen molar-refractivity contribution in [1.29, 1.82) is 0 Å². The van der Waals surface area contributed by atoms with Crippen molar-refractivity contribution in [3.8, 4) is 0 Å². The number of rotatable bonds is 7. The van der Waals surface area contributed by atoms with E-state index < -0.39 is 0 Å². The maximum atomic E-state index is 4.05. The van der Waals surface area contributed by atoms with Gasteiger partial charge in [-0.3, -0.25) is 0 Å². The Bertz CT molecular complexity index is 1010. The lowest BCUT2D eigenvalue weighted by Gasteiger charge is -2.27. The Kier molecular flexibility index (Phi) is 31.6. The largest absolute Gasteiger partial charge is 0.306 e. The molecule has 0 saturated carbocycles. The normalized spacial score (nSPS) is 11.7. The summed E-state index contributed by atoms with van der Waals surface area (Å²) >= 11 is 0. The van der Waals surface area contributed by atoms with Crippen LogP contribution in [0.3, 0.4) is 0 Å². The molecule has 1 fully saturated rings. The van der Waals surface area contributed by atoms with E-state index in [1.54, 1.807) is 0 Å². The maximum Gasteiger partial charge on any atom is -0.00191 e. The molecule has 43 heavy (non-hydrogen) atoms. The Morgan fingerprint density at radius 2 is 1.35 bits per heavy atom. The minimum absolute atomic E-state index is 1.03. The number of benzene rings is 2. The summed E-state index contributed by atoms with van der Waals surface area (Å²) in [5.74, 6) is 1.03. The molecule has 0 spiro atoms. The number of hydrogen-bond acceptors (Lipinski definition) is 1. The first-order valence-corrected chi connectivity index (χ1v) is 16.5. The van der Waals surface area contributed by atoms with E-state index in [0.29, 0.717) is 0 Å². The van der Waals surface area contributed by atoms with Crippen molar-refractivity contribution >= 4 is 5.57 Å². The van der Waals surface area contributed by atoms with Gasteiger partial charge in [0.05, 0.1) is 0 Å². The van der Waals surface area contributed by atoms with Crippen LogP contribution in [0.4, 0.5) is 0 Å². The maximum absolute atomic E-state index is 4.05. The first kappa shape index (κ1) is 44.5. The molecule has 0 atom stereocenters. The fraction of sp³-hybridized carbons (Fsp3) is 0.476. The third kappa shape index (κ3) is 25.3. The Morgan fingerprint density at radius 1 is 0.837 bits per heavy atom. The van der Waals surface area contributed by atoms with Gasteiger partial charge in [-0.2, -0.15) is 0 Å². The molecular weight excluding hydrogens is 518 g/mol. The second-order valence-electron chi connectivity index (χ2n) is 10.9. The van der Waals surface area contributed by atoms with Crippen LogP contribution in [-0.2, 0) is 6.42 Å². The molecule has 0 N–H and O–H groups in total. The van der Waals surface area contributed by atoms with E-state index in [4.69, 9.17) is 0 Å². The van der Waals surface area contributed by atoms with Gasteiger partial charge in [0.1, 0.15) is 0 Å². The SMILES string of the molecule is C=C(C=C(C)C)c1ccccc1C.C=CC(C)=C(C)C.C=CCCc1ccccc1.CC.CC.CCC1CCN(C)CC1. The molecule has 2 aromatic rings. The van der Waals surface area contributed by atoms with Crippen LogP contribution < -0.4 is 0 Å². The van der Waals surface area contributed by atoms with Crippen molar-refractivity contribution < 1.29 is 0 Å². The van der Waals surface area contributed by atoms with Crippen LogP contribution in [0.25, 0.3) is 5.57 Å². The number of aryl methyl sites for hydroxylation is 2. The molecule has 2 aromatic carbocycles. The van der Waals surface area contributed by atoms with Crippen LogP contribution in [0.5, 0.6) is 0 Å². The number of hydrogen-bond donors (Lipinski definition) is 0. The topological polar surface area (TPSA) is 3.24 Å². The fourth-order valence-corrected chi connectivity index (χ4v) is 3.95. The van der Waals surface area contributed by atoms with Crippen LogP contribution in [0, 0.1) is 12.8 Å². The second-order valence-corrected chi connectivity index (χ2v) is 10.9. The third-order valence-corrected chi connectivity index (χ3v) is 6.94.